The average Bonchev–Trinajstić information content (AvgIpc) is 3.45. The molecular weight excluding hydrogens is 388 g/mol. The van der Waals surface area contributed by atoms with Crippen LogP contribution in [0.25, 0.3) is 43.6 Å². The average molecular weight is 406 g/mol. The molecular formula is C25H18N4O2. The molecule has 6 heteroatoms. The first-order chi connectivity index (χ1) is 15.1. The minimum absolute atomic E-state index is 0.0390. The fourth-order valence-corrected chi connectivity index (χ4v) is 6.68. The fraction of sp³-hybridized carbons (Fsp3) is 0.200. The molecule has 8 rings (SSSR count). The smallest absolute Gasteiger partial charge is 0.259 e. The SMILES string of the molecule is N[C@H]1CC2CC1n1c3ccccc3c3c4c(c5c6ccccc6n2c5c31)C(=O)NC4=O. The van der Waals surface area contributed by atoms with Crippen molar-refractivity contribution < 1.29 is 9.59 Å². The number of aromatic nitrogens is 2. The number of hydrogen-bond donors (Lipinski definition) is 2. The van der Waals surface area contributed by atoms with Gasteiger partial charge in [-0.15, -0.1) is 0 Å². The highest BCUT2D eigenvalue weighted by molar-refractivity contribution is 6.39. The van der Waals surface area contributed by atoms with E-state index in [-0.39, 0.29) is 29.9 Å². The first kappa shape index (κ1) is 16.1. The van der Waals surface area contributed by atoms with E-state index in [1.54, 1.807) is 0 Å². The van der Waals surface area contributed by atoms with Crippen molar-refractivity contribution in [1.29, 1.82) is 0 Å². The first-order valence-corrected chi connectivity index (χ1v) is 10.8. The minimum Gasteiger partial charge on any atom is -0.335 e. The summed E-state index contributed by atoms with van der Waals surface area (Å²) in [5.41, 5.74) is 12.0. The van der Waals surface area contributed by atoms with E-state index in [9.17, 15) is 9.59 Å². The van der Waals surface area contributed by atoms with Crippen LogP contribution in [-0.2, 0) is 0 Å². The van der Waals surface area contributed by atoms with Gasteiger partial charge in [-0.05, 0) is 25.0 Å². The molecule has 0 spiro atoms. The number of nitrogens with one attached hydrogen (secondary N) is 1. The molecule has 0 radical (unpaired) electrons. The predicted molar refractivity (Wildman–Crippen MR) is 120 cm³/mol. The molecule has 1 saturated carbocycles. The zero-order chi connectivity index (χ0) is 20.6. The van der Waals surface area contributed by atoms with Crippen molar-refractivity contribution in [3.8, 4) is 0 Å². The van der Waals surface area contributed by atoms with Gasteiger partial charge in [-0.25, -0.2) is 0 Å². The standard InChI is InChI=1S/C25H18N4O2/c26-14-9-11-10-17(14)29-16-8-4-2-6-13(16)19-21-20(24(30)27-25(21)31)18-12-5-1-3-7-15(12)28(11)22(18)23(19)29/h1-8,11,14,17H,9-10,26H2,(H,27,30,31)/t11?,14-,17?/m0/s1. The molecule has 0 saturated heterocycles. The molecule has 2 unspecified atom stereocenters. The van der Waals surface area contributed by atoms with Crippen LogP contribution < -0.4 is 11.1 Å². The Morgan fingerprint density at radius 1 is 0.774 bits per heavy atom. The van der Waals surface area contributed by atoms with E-state index in [1.807, 2.05) is 24.3 Å². The summed E-state index contributed by atoms with van der Waals surface area (Å²) in [6.45, 7) is 0. The molecule has 3 N–H and O–H groups in total. The summed E-state index contributed by atoms with van der Waals surface area (Å²) in [4.78, 5) is 26.2. The van der Waals surface area contributed by atoms with Crippen molar-refractivity contribution in [2.45, 2.75) is 31.0 Å². The van der Waals surface area contributed by atoms with Gasteiger partial charge < -0.3 is 14.9 Å². The van der Waals surface area contributed by atoms with Gasteiger partial charge in [0, 0.05) is 44.7 Å². The Morgan fingerprint density at radius 3 is 1.97 bits per heavy atom. The lowest BCUT2D eigenvalue weighted by molar-refractivity contribution is 0.0880. The summed E-state index contributed by atoms with van der Waals surface area (Å²) < 4.78 is 4.78. The topological polar surface area (TPSA) is 82.0 Å². The third kappa shape index (κ3) is 1.62. The maximum absolute atomic E-state index is 13.1. The van der Waals surface area contributed by atoms with Gasteiger partial charge in [0.2, 0.25) is 0 Å². The molecule has 3 atom stereocenters. The molecule has 150 valence electrons. The van der Waals surface area contributed by atoms with Crippen LogP contribution in [0.15, 0.2) is 48.5 Å². The number of nitrogens with zero attached hydrogens (tertiary/aromatic N) is 2. The van der Waals surface area contributed by atoms with Crippen molar-refractivity contribution in [1.82, 2.24) is 14.5 Å². The van der Waals surface area contributed by atoms with Crippen LogP contribution in [0.2, 0.25) is 0 Å². The zero-order valence-electron chi connectivity index (χ0n) is 16.6. The van der Waals surface area contributed by atoms with Gasteiger partial charge in [-0.3, -0.25) is 14.9 Å². The fourth-order valence-electron chi connectivity index (χ4n) is 6.68. The number of amides is 2. The van der Waals surface area contributed by atoms with Crippen LogP contribution in [0.3, 0.4) is 0 Å². The molecule has 4 heterocycles. The van der Waals surface area contributed by atoms with E-state index in [0.717, 1.165) is 56.5 Å². The number of nitrogens with two attached hydrogens (primary N) is 1. The second kappa shape index (κ2) is 4.98. The highest BCUT2D eigenvalue weighted by Gasteiger charge is 2.43. The maximum atomic E-state index is 13.1. The third-order valence-corrected chi connectivity index (χ3v) is 7.73. The van der Waals surface area contributed by atoms with E-state index in [1.165, 1.54) is 0 Å². The highest BCUT2D eigenvalue weighted by atomic mass is 16.2. The van der Waals surface area contributed by atoms with E-state index < -0.39 is 0 Å². The van der Waals surface area contributed by atoms with Crippen LogP contribution >= 0.6 is 0 Å². The van der Waals surface area contributed by atoms with Crippen LogP contribution in [0.4, 0.5) is 0 Å². The normalized spacial score (nSPS) is 24.1. The summed E-state index contributed by atoms with van der Waals surface area (Å²) in [6, 6.07) is 16.9. The lowest BCUT2D eigenvalue weighted by atomic mass is 9.96. The Labute approximate surface area is 176 Å². The predicted octanol–water partition coefficient (Wildman–Crippen LogP) is 4.00. The van der Waals surface area contributed by atoms with E-state index in [0.29, 0.717) is 11.1 Å². The van der Waals surface area contributed by atoms with Crippen molar-refractivity contribution in [2.75, 3.05) is 0 Å². The number of carbonyl (C=O) groups is 2. The van der Waals surface area contributed by atoms with Crippen LogP contribution in [0, 0.1) is 0 Å². The molecule has 2 aliphatic heterocycles. The number of carbonyl (C=O) groups excluding carboxylic acids is 2. The summed E-state index contributed by atoms with van der Waals surface area (Å²) in [5.74, 6) is -0.604. The second-order valence-corrected chi connectivity index (χ2v) is 9.11. The van der Waals surface area contributed by atoms with Crippen LogP contribution in [-0.4, -0.2) is 27.0 Å². The van der Waals surface area contributed by atoms with E-state index in [4.69, 9.17) is 5.73 Å². The van der Waals surface area contributed by atoms with Crippen molar-refractivity contribution in [3.63, 3.8) is 0 Å². The lowest BCUT2D eigenvalue weighted by Gasteiger charge is -2.21. The molecule has 1 fully saturated rings. The number of hydrogen-bond acceptors (Lipinski definition) is 3. The zero-order valence-corrected chi connectivity index (χ0v) is 16.6. The van der Waals surface area contributed by atoms with Gasteiger partial charge in [0.05, 0.1) is 28.2 Å². The molecule has 3 aliphatic rings. The van der Waals surface area contributed by atoms with Gasteiger partial charge in [-0.1, -0.05) is 36.4 Å². The van der Waals surface area contributed by atoms with E-state index in [2.05, 4.69) is 38.7 Å². The molecule has 2 aromatic heterocycles. The largest absolute Gasteiger partial charge is 0.335 e. The Kier molecular flexibility index (Phi) is 2.59. The second-order valence-electron chi connectivity index (χ2n) is 9.11. The number of imide groups is 1. The summed E-state index contributed by atoms with van der Waals surface area (Å²) in [7, 11) is 0. The minimum atomic E-state index is -0.305. The molecule has 3 aromatic carbocycles. The van der Waals surface area contributed by atoms with Gasteiger partial charge >= 0.3 is 0 Å². The summed E-state index contributed by atoms with van der Waals surface area (Å²) in [5, 5.41) is 6.38. The third-order valence-electron chi connectivity index (χ3n) is 7.73. The molecule has 2 amide bonds. The van der Waals surface area contributed by atoms with Crippen molar-refractivity contribution >= 4 is 55.4 Å². The monoisotopic (exact) mass is 406 g/mol. The molecule has 1 aliphatic carbocycles. The van der Waals surface area contributed by atoms with Gasteiger partial charge in [0.25, 0.3) is 11.8 Å². The molecule has 5 aromatic rings. The number of fused-ring (bicyclic) bond motifs is 13. The Morgan fingerprint density at radius 2 is 1.32 bits per heavy atom. The van der Waals surface area contributed by atoms with Crippen LogP contribution in [0.5, 0.6) is 0 Å². The van der Waals surface area contributed by atoms with Crippen LogP contribution in [0.1, 0.15) is 45.6 Å². The Bertz CT molecular complexity index is 1690. The Balaban J connectivity index is 1.81. The number of benzene rings is 3. The quantitative estimate of drug-likeness (QED) is 0.381. The van der Waals surface area contributed by atoms with Crippen molar-refractivity contribution in [3.05, 3.63) is 59.7 Å². The summed E-state index contributed by atoms with van der Waals surface area (Å²) >= 11 is 0. The molecule has 6 nitrogen and oxygen atoms in total. The summed E-state index contributed by atoms with van der Waals surface area (Å²) in [6.07, 6.45) is 1.84. The maximum Gasteiger partial charge on any atom is 0.259 e. The lowest BCUT2D eigenvalue weighted by Crippen LogP contribution is -2.27. The Hall–Kier alpha value is -3.64. The van der Waals surface area contributed by atoms with E-state index >= 15 is 0 Å². The van der Waals surface area contributed by atoms with Gasteiger partial charge in [-0.2, -0.15) is 0 Å². The van der Waals surface area contributed by atoms with Gasteiger partial charge in [0.15, 0.2) is 0 Å². The number of para-hydroxylation sites is 2. The number of rotatable bonds is 0. The van der Waals surface area contributed by atoms with Gasteiger partial charge in [0.1, 0.15) is 0 Å². The molecule has 31 heavy (non-hydrogen) atoms. The molecule has 2 bridgehead atoms. The van der Waals surface area contributed by atoms with Crippen molar-refractivity contribution in [2.24, 2.45) is 5.73 Å². The first-order valence-electron chi connectivity index (χ1n) is 10.8. The highest BCUT2D eigenvalue weighted by Crippen LogP contribution is 2.53.